The number of rotatable bonds is 12. The third-order valence-electron chi connectivity index (χ3n) is 4.48. The Bertz CT molecular complexity index is 299. The van der Waals surface area contributed by atoms with Crippen LogP contribution >= 0.6 is 0 Å². The third-order valence-corrected chi connectivity index (χ3v) is 4.48. The molecule has 1 saturated heterocycles. The molecule has 0 radical (unpaired) electrons. The summed E-state index contributed by atoms with van der Waals surface area (Å²) in [5.74, 6) is 1.21. The highest BCUT2D eigenvalue weighted by Crippen LogP contribution is 2.13. The Morgan fingerprint density at radius 3 is 1.95 bits per heavy atom. The molecule has 0 aromatic heterocycles. The van der Waals surface area contributed by atoms with Crippen molar-refractivity contribution in [1.29, 1.82) is 0 Å². The smallest absolute Gasteiger partial charge is 0.196 e. The van der Waals surface area contributed by atoms with Gasteiger partial charge in [0.1, 0.15) is 0 Å². The zero-order valence-corrected chi connectivity index (χ0v) is 15.6. The van der Waals surface area contributed by atoms with E-state index in [1.165, 1.54) is 76.7 Å². The van der Waals surface area contributed by atoms with E-state index in [2.05, 4.69) is 37.6 Å². The molecular formula is C19H39N3. The first-order valence-electron chi connectivity index (χ1n) is 9.69. The first-order valence-corrected chi connectivity index (χ1v) is 9.69. The Labute approximate surface area is 139 Å². The Hall–Kier alpha value is -0.730. The monoisotopic (exact) mass is 309 g/mol. The number of unbranched alkanes of at least 4 members (excludes halogenated alkanes) is 9. The Balaban J connectivity index is 2.02. The van der Waals surface area contributed by atoms with Crippen molar-refractivity contribution in [2.24, 2.45) is 4.99 Å². The van der Waals surface area contributed by atoms with Crippen LogP contribution in [0.1, 0.15) is 85.0 Å². The van der Waals surface area contributed by atoms with Crippen molar-refractivity contribution < 1.29 is 0 Å². The average Bonchev–Trinajstić information content (AvgIpc) is 2.81. The SMILES string of the molecule is CCCCCCCCCCCCN1CCN(C)/C1=N\C(C)C. The molecule has 1 rings (SSSR count). The summed E-state index contributed by atoms with van der Waals surface area (Å²) in [5.41, 5.74) is 0. The standard InChI is InChI=1S/C19H39N3/c1-5-6-7-8-9-10-11-12-13-14-15-22-17-16-21(4)19(22)20-18(2)3/h18H,5-17H2,1-4H3/b20-19+. The summed E-state index contributed by atoms with van der Waals surface area (Å²) < 4.78 is 0. The van der Waals surface area contributed by atoms with Crippen molar-refractivity contribution in [2.45, 2.75) is 91.0 Å². The molecule has 22 heavy (non-hydrogen) atoms. The molecule has 1 aliphatic rings. The third kappa shape index (κ3) is 8.05. The van der Waals surface area contributed by atoms with Crippen LogP contribution in [-0.2, 0) is 0 Å². The van der Waals surface area contributed by atoms with Crippen LogP contribution in [0.3, 0.4) is 0 Å². The topological polar surface area (TPSA) is 18.8 Å². The first-order chi connectivity index (χ1) is 10.6. The fourth-order valence-electron chi connectivity index (χ4n) is 3.13. The molecule has 0 aromatic carbocycles. The van der Waals surface area contributed by atoms with Crippen molar-refractivity contribution in [1.82, 2.24) is 9.80 Å². The second-order valence-electron chi connectivity index (χ2n) is 7.11. The Morgan fingerprint density at radius 2 is 1.41 bits per heavy atom. The second kappa shape index (κ2) is 11.8. The van der Waals surface area contributed by atoms with Gasteiger partial charge in [0.2, 0.25) is 0 Å². The van der Waals surface area contributed by atoms with Crippen LogP contribution in [0, 0.1) is 0 Å². The van der Waals surface area contributed by atoms with Crippen LogP contribution in [0.25, 0.3) is 0 Å². The summed E-state index contributed by atoms with van der Waals surface area (Å²) in [6.45, 7) is 10.1. The molecule has 1 aliphatic heterocycles. The fourth-order valence-corrected chi connectivity index (χ4v) is 3.13. The summed E-state index contributed by atoms with van der Waals surface area (Å²) >= 11 is 0. The van der Waals surface area contributed by atoms with Crippen molar-refractivity contribution >= 4 is 5.96 Å². The highest BCUT2D eigenvalue weighted by atomic mass is 15.4. The first kappa shape index (κ1) is 19.3. The molecule has 0 aromatic rings. The van der Waals surface area contributed by atoms with Crippen molar-refractivity contribution in [2.75, 3.05) is 26.7 Å². The summed E-state index contributed by atoms with van der Waals surface area (Å²) in [7, 11) is 2.17. The number of hydrogen-bond acceptors (Lipinski definition) is 1. The molecule has 130 valence electrons. The van der Waals surface area contributed by atoms with Crippen LogP contribution in [0.15, 0.2) is 4.99 Å². The summed E-state index contributed by atoms with van der Waals surface area (Å²) in [5, 5.41) is 0. The lowest BCUT2D eigenvalue weighted by atomic mass is 10.1. The van der Waals surface area contributed by atoms with E-state index < -0.39 is 0 Å². The number of nitrogens with zero attached hydrogens (tertiary/aromatic N) is 3. The van der Waals surface area contributed by atoms with E-state index in [1.807, 2.05) is 0 Å². The van der Waals surface area contributed by atoms with Gasteiger partial charge in [-0.05, 0) is 20.3 Å². The normalized spacial score (nSPS) is 17.2. The minimum absolute atomic E-state index is 0.394. The number of likely N-dealkylation sites (N-methyl/N-ethyl adjacent to an activating group) is 1. The summed E-state index contributed by atoms with van der Waals surface area (Å²) in [6.07, 6.45) is 14.1. The van der Waals surface area contributed by atoms with Crippen LogP contribution < -0.4 is 0 Å². The largest absolute Gasteiger partial charge is 0.344 e. The lowest BCUT2D eigenvalue weighted by molar-refractivity contribution is 0.431. The van der Waals surface area contributed by atoms with E-state index in [0.29, 0.717) is 6.04 Å². The predicted molar refractivity (Wildman–Crippen MR) is 98.6 cm³/mol. The average molecular weight is 310 g/mol. The highest BCUT2D eigenvalue weighted by Gasteiger charge is 2.22. The quantitative estimate of drug-likeness (QED) is 0.477. The zero-order chi connectivity index (χ0) is 16.2. The molecule has 0 saturated carbocycles. The van der Waals surface area contributed by atoms with Crippen molar-refractivity contribution in [3.63, 3.8) is 0 Å². The number of hydrogen-bond donors (Lipinski definition) is 0. The molecule has 3 nitrogen and oxygen atoms in total. The van der Waals surface area contributed by atoms with E-state index in [-0.39, 0.29) is 0 Å². The van der Waals surface area contributed by atoms with Crippen molar-refractivity contribution in [3.8, 4) is 0 Å². The van der Waals surface area contributed by atoms with Gasteiger partial charge >= 0.3 is 0 Å². The highest BCUT2D eigenvalue weighted by molar-refractivity contribution is 5.81. The molecule has 0 bridgehead atoms. The van der Waals surface area contributed by atoms with Crippen LogP contribution in [0.2, 0.25) is 0 Å². The minimum atomic E-state index is 0.394. The molecule has 3 heteroatoms. The van der Waals surface area contributed by atoms with E-state index in [0.717, 1.165) is 13.1 Å². The van der Waals surface area contributed by atoms with Gasteiger partial charge in [0.25, 0.3) is 0 Å². The van der Waals surface area contributed by atoms with Gasteiger partial charge in [-0.1, -0.05) is 64.7 Å². The van der Waals surface area contributed by atoms with E-state index in [9.17, 15) is 0 Å². The molecular weight excluding hydrogens is 270 g/mol. The molecule has 0 aliphatic carbocycles. The van der Waals surface area contributed by atoms with Gasteiger partial charge in [-0.15, -0.1) is 0 Å². The zero-order valence-electron chi connectivity index (χ0n) is 15.6. The summed E-state index contributed by atoms with van der Waals surface area (Å²) in [4.78, 5) is 9.55. The lowest BCUT2D eigenvalue weighted by Gasteiger charge is -2.21. The van der Waals surface area contributed by atoms with Gasteiger partial charge in [0.15, 0.2) is 5.96 Å². The van der Waals surface area contributed by atoms with Gasteiger partial charge in [-0.3, -0.25) is 4.99 Å². The molecule has 0 atom stereocenters. The van der Waals surface area contributed by atoms with E-state index in [1.54, 1.807) is 0 Å². The molecule has 1 fully saturated rings. The lowest BCUT2D eigenvalue weighted by Crippen LogP contribution is -2.33. The molecule has 0 unspecified atom stereocenters. The number of aliphatic imine (C=N–C) groups is 1. The van der Waals surface area contributed by atoms with Gasteiger partial charge in [-0.25, -0.2) is 0 Å². The number of guanidine groups is 1. The Morgan fingerprint density at radius 1 is 0.864 bits per heavy atom. The maximum absolute atomic E-state index is 4.77. The van der Waals surface area contributed by atoms with Crippen LogP contribution in [0.4, 0.5) is 0 Å². The second-order valence-corrected chi connectivity index (χ2v) is 7.11. The van der Waals surface area contributed by atoms with Crippen LogP contribution in [-0.4, -0.2) is 48.5 Å². The summed E-state index contributed by atoms with van der Waals surface area (Å²) in [6, 6.07) is 0.394. The molecule has 0 amide bonds. The van der Waals surface area contributed by atoms with Gasteiger partial charge < -0.3 is 9.80 Å². The van der Waals surface area contributed by atoms with Gasteiger partial charge in [-0.2, -0.15) is 0 Å². The van der Waals surface area contributed by atoms with Gasteiger partial charge in [0.05, 0.1) is 0 Å². The van der Waals surface area contributed by atoms with Crippen molar-refractivity contribution in [3.05, 3.63) is 0 Å². The van der Waals surface area contributed by atoms with E-state index in [4.69, 9.17) is 4.99 Å². The maximum atomic E-state index is 4.77. The molecule has 1 heterocycles. The maximum Gasteiger partial charge on any atom is 0.196 e. The minimum Gasteiger partial charge on any atom is -0.344 e. The predicted octanol–water partition coefficient (Wildman–Crippen LogP) is 4.92. The molecule has 0 N–H and O–H groups in total. The van der Waals surface area contributed by atoms with Crippen LogP contribution in [0.5, 0.6) is 0 Å². The Kier molecular flexibility index (Phi) is 10.3. The van der Waals surface area contributed by atoms with Gasteiger partial charge in [0, 0.05) is 32.7 Å². The molecule has 0 spiro atoms. The fraction of sp³-hybridized carbons (Fsp3) is 0.947. The van der Waals surface area contributed by atoms with E-state index >= 15 is 0 Å².